The van der Waals surface area contributed by atoms with Crippen molar-refractivity contribution in [1.29, 1.82) is 5.26 Å². The maximum absolute atomic E-state index is 12.9. The normalized spacial score (nSPS) is 16.1. The molecule has 1 aliphatic rings. The fraction of sp³-hybridized carbons (Fsp3) is 0.316. The van der Waals surface area contributed by atoms with E-state index in [9.17, 15) is 10.1 Å². The second kappa shape index (κ2) is 6.23. The van der Waals surface area contributed by atoms with Gasteiger partial charge in [0.2, 0.25) is 5.88 Å². The first kappa shape index (κ1) is 16.2. The van der Waals surface area contributed by atoms with E-state index in [2.05, 4.69) is 20.9 Å². The number of nitriles is 1. The van der Waals surface area contributed by atoms with Gasteiger partial charge in [0.1, 0.15) is 28.8 Å². The van der Waals surface area contributed by atoms with E-state index < -0.39 is 0 Å². The summed E-state index contributed by atoms with van der Waals surface area (Å²) in [4.78, 5) is 17.3. The van der Waals surface area contributed by atoms with E-state index in [-0.39, 0.29) is 17.5 Å². The maximum atomic E-state index is 12.9. The summed E-state index contributed by atoms with van der Waals surface area (Å²) in [6.07, 6.45) is 7.21. The zero-order chi connectivity index (χ0) is 18.3. The van der Waals surface area contributed by atoms with Crippen molar-refractivity contribution in [2.24, 2.45) is 0 Å². The highest BCUT2D eigenvalue weighted by Gasteiger charge is 2.27. The number of aromatic nitrogens is 3. The molecule has 0 spiro atoms. The second-order valence-corrected chi connectivity index (χ2v) is 6.58. The number of aryl methyl sites for hydroxylation is 3. The number of hydrogen-bond acceptors (Lipinski definition) is 4. The Morgan fingerprint density at radius 3 is 2.88 bits per heavy atom. The molecule has 3 aromatic rings. The summed E-state index contributed by atoms with van der Waals surface area (Å²) >= 11 is 0. The topological polar surface area (TPSA) is 88.8 Å². The fourth-order valence-corrected chi connectivity index (χ4v) is 3.52. The fourth-order valence-electron chi connectivity index (χ4n) is 3.52. The van der Waals surface area contributed by atoms with Crippen LogP contribution in [0, 0.1) is 25.2 Å². The summed E-state index contributed by atoms with van der Waals surface area (Å²) in [5.41, 5.74) is 1.55. The summed E-state index contributed by atoms with van der Waals surface area (Å²) in [5.74, 6) is 1.60. The van der Waals surface area contributed by atoms with Crippen LogP contribution in [0.15, 0.2) is 35.1 Å². The highest BCUT2D eigenvalue weighted by atomic mass is 16.4. The minimum atomic E-state index is -0.272. The van der Waals surface area contributed by atoms with Crippen LogP contribution in [-0.2, 0) is 13.0 Å². The largest absolute Gasteiger partial charge is 0.443 e. The van der Waals surface area contributed by atoms with Gasteiger partial charge in [0.25, 0.3) is 5.91 Å². The molecule has 132 valence electrons. The number of fused-ring (bicyclic) bond motifs is 1. The van der Waals surface area contributed by atoms with Gasteiger partial charge in [0.05, 0.1) is 5.69 Å². The predicted octanol–water partition coefficient (Wildman–Crippen LogP) is 2.50. The molecule has 1 N–H and O–H groups in total. The first-order valence-corrected chi connectivity index (χ1v) is 8.57. The van der Waals surface area contributed by atoms with E-state index in [1.807, 2.05) is 25.3 Å². The molecular weight excluding hydrogens is 330 g/mol. The summed E-state index contributed by atoms with van der Waals surface area (Å²) in [6, 6.07) is 5.80. The van der Waals surface area contributed by atoms with Crippen molar-refractivity contribution in [3.05, 3.63) is 59.1 Å². The molecule has 0 saturated carbocycles. The molecule has 0 aliphatic carbocycles. The third-order valence-electron chi connectivity index (χ3n) is 4.69. The Bertz CT molecular complexity index is 1000. The SMILES string of the molecule is Cc1cn2c(n1)CC[C@H](NC(=O)c1c(C)oc(-n3cccc3)c1C#N)C2. The van der Waals surface area contributed by atoms with E-state index in [1.165, 1.54) is 0 Å². The molecule has 1 aliphatic heterocycles. The molecule has 1 amide bonds. The molecule has 3 aromatic heterocycles. The van der Waals surface area contributed by atoms with Crippen LogP contribution < -0.4 is 5.32 Å². The summed E-state index contributed by atoms with van der Waals surface area (Å²) in [7, 11) is 0. The molecule has 26 heavy (non-hydrogen) atoms. The van der Waals surface area contributed by atoms with Crippen LogP contribution in [-0.4, -0.2) is 26.1 Å². The second-order valence-electron chi connectivity index (χ2n) is 6.58. The van der Waals surface area contributed by atoms with Gasteiger partial charge in [0.15, 0.2) is 0 Å². The monoisotopic (exact) mass is 349 g/mol. The van der Waals surface area contributed by atoms with E-state index in [0.29, 0.717) is 23.8 Å². The highest BCUT2D eigenvalue weighted by molar-refractivity contribution is 5.98. The molecule has 0 radical (unpaired) electrons. The Balaban J connectivity index is 1.58. The number of rotatable bonds is 3. The Morgan fingerprint density at radius 2 is 2.15 bits per heavy atom. The van der Waals surface area contributed by atoms with Gasteiger partial charge in [-0.3, -0.25) is 9.36 Å². The van der Waals surface area contributed by atoms with Crippen LogP contribution in [0.25, 0.3) is 5.88 Å². The molecule has 1 atom stereocenters. The van der Waals surface area contributed by atoms with Crippen molar-refractivity contribution < 1.29 is 9.21 Å². The molecule has 4 rings (SSSR count). The van der Waals surface area contributed by atoms with Crippen molar-refractivity contribution in [3.63, 3.8) is 0 Å². The maximum Gasteiger partial charge on any atom is 0.256 e. The third-order valence-corrected chi connectivity index (χ3v) is 4.69. The Labute approximate surface area is 150 Å². The van der Waals surface area contributed by atoms with Gasteiger partial charge >= 0.3 is 0 Å². The number of hydrogen-bond donors (Lipinski definition) is 1. The minimum absolute atomic E-state index is 0.000490. The van der Waals surface area contributed by atoms with Crippen molar-refractivity contribution in [2.75, 3.05) is 0 Å². The Kier molecular flexibility index (Phi) is 3.88. The predicted molar refractivity (Wildman–Crippen MR) is 94.0 cm³/mol. The van der Waals surface area contributed by atoms with Gasteiger partial charge in [0, 0.05) is 37.6 Å². The van der Waals surface area contributed by atoms with Crippen molar-refractivity contribution >= 4 is 5.91 Å². The van der Waals surface area contributed by atoms with E-state index in [4.69, 9.17) is 4.42 Å². The summed E-state index contributed by atoms with van der Waals surface area (Å²) in [6.45, 7) is 4.36. The van der Waals surface area contributed by atoms with Gasteiger partial charge in [-0.25, -0.2) is 4.98 Å². The third kappa shape index (κ3) is 2.69. The minimum Gasteiger partial charge on any atom is -0.443 e. The van der Waals surface area contributed by atoms with Crippen LogP contribution in [0.4, 0.5) is 0 Å². The summed E-state index contributed by atoms with van der Waals surface area (Å²) in [5, 5.41) is 12.6. The van der Waals surface area contributed by atoms with Crippen LogP contribution in [0.1, 0.15) is 39.6 Å². The number of amides is 1. The first-order chi connectivity index (χ1) is 12.6. The average Bonchev–Trinajstić information content (AvgIpc) is 3.31. The lowest BCUT2D eigenvalue weighted by Crippen LogP contribution is -2.41. The molecule has 0 aromatic carbocycles. The molecule has 4 heterocycles. The van der Waals surface area contributed by atoms with Gasteiger partial charge in [-0.05, 0) is 32.4 Å². The number of furan rings is 1. The first-order valence-electron chi connectivity index (χ1n) is 8.57. The van der Waals surface area contributed by atoms with E-state index in [1.54, 1.807) is 23.9 Å². The molecule has 0 fully saturated rings. The van der Waals surface area contributed by atoms with Crippen molar-refractivity contribution in [3.8, 4) is 12.0 Å². The average molecular weight is 349 g/mol. The van der Waals surface area contributed by atoms with Crippen LogP contribution in [0.5, 0.6) is 0 Å². The van der Waals surface area contributed by atoms with E-state index >= 15 is 0 Å². The zero-order valence-corrected chi connectivity index (χ0v) is 14.7. The van der Waals surface area contributed by atoms with Gasteiger partial charge in [-0.15, -0.1) is 0 Å². The number of carbonyl (C=O) groups is 1. The molecular formula is C19H19N5O2. The standard InChI is InChI=1S/C19H19N5O2/c1-12-10-24-11-14(5-6-16(24)21-12)22-18(25)17-13(2)26-19(15(17)9-20)23-7-3-4-8-23/h3-4,7-8,10,14H,5-6,11H2,1-2H3,(H,22,25)/t14-/m0/s1. The number of nitrogens with zero attached hydrogens (tertiary/aromatic N) is 4. The highest BCUT2D eigenvalue weighted by Crippen LogP contribution is 2.26. The lowest BCUT2D eigenvalue weighted by Gasteiger charge is -2.24. The van der Waals surface area contributed by atoms with E-state index in [0.717, 1.165) is 24.4 Å². The molecule has 7 heteroatoms. The molecule has 0 saturated heterocycles. The van der Waals surface area contributed by atoms with Crippen molar-refractivity contribution in [1.82, 2.24) is 19.4 Å². The quantitative estimate of drug-likeness (QED) is 0.787. The van der Waals surface area contributed by atoms with Crippen molar-refractivity contribution in [2.45, 2.75) is 39.3 Å². The zero-order valence-electron chi connectivity index (χ0n) is 14.7. The Hall–Kier alpha value is -3.27. The van der Waals surface area contributed by atoms with Crippen LogP contribution >= 0.6 is 0 Å². The Morgan fingerprint density at radius 1 is 1.38 bits per heavy atom. The lowest BCUT2D eigenvalue weighted by atomic mass is 10.1. The van der Waals surface area contributed by atoms with Crippen LogP contribution in [0.2, 0.25) is 0 Å². The smallest absolute Gasteiger partial charge is 0.256 e. The number of carbonyl (C=O) groups excluding carboxylic acids is 1. The van der Waals surface area contributed by atoms with Gasteiger partial charge in [-0.2, -0.15) is 5.26 Å². The number of imidazole rings is 1. The molecule has 0 bridgehead atoms. The van der Waals surface area contributed by atoms with Gasteiger partial charge in [-0.1, -0.05) is 0 Å². The van der Waals surface area contributed by atoms with Gasteiger partial charge < -0.3 is 14.3 Å². The summed E-state index contributed by atoms with van der Waals surface area (Å²) < 4.78 is 9.50. The van der Waals surface area contributed by atoms with Crippen LogP contribution in [0.3, 0.4) is 0 Å². The molecule has 0 unspecified atom stereocenters. The number of nitrogens with one attached hydrogen (secondary N) is 1. The molecule has 7 nitrogen and oxygen atoms in total. The lowest BCUT2D eigenvalue weighted by molar-refractivity contribution is 0.0926.